The Morgan fingerprint density at radius 2 is 1.82 bits per heavy atom. The van der Waals surface area contributed by atoms with Crippen molar-refractivity contribution in [1.82, 2.24) is 14.8 Å². The van der Waals surface area contributed by atoms with Crippen molar-refractivity contribution in [2.75, 3.05) is 17.7 Å². The number of allylic oxidation sites excluding steroid dienone is 1. The van der Waals surface area contributed by atoms with Crippen molar-refractivity contribution in [2.24, 2.45) is 0 Å². The molecule has 1 aromatic heterocycles. The van der Waals surface area contributed by atoms with Crippen LogP contribution in [0.15, 0.2) is 89.2 Å². The highest BCUT2D eigenvalue weighted by atomic mass is 35.5. The maximum atomic E-state index is 13.7. The third kappa shape index (κ3) is 5.62. The molecule has 1 aliphatic heterocycles. The lowest BCUT2D eigenvalue weighted by atomic mass is 9.94. The van der Waals surface area contributed by atoms with Crippen LogP contribution in [0.2, 0.25) is 5.02 Å². The second-order valence-corrected chi connectivity index (χ2v) is 10.1. The highest BCUT2D eigenvalue weighted by Gasteiger charge is 2.34. The van der Waals surface area contributed by atoms with E-state index in [0.717, 1.165) is 5.56 Å². The summed E-state index contributed by atoms with van der Waals surface area (Å²) < 4.78 is 7.05. The molecule has 4 aromatic rings. The fraction of sp³-hybridized carbons (Fsp3) is 0.143. The Balaban J connectivity index is 1.50. The summed E-state index contributed by atoms with van der Waals surface area (Å²) >= 11 is 7.46. The number of thioether (sulfide) groups is 1. The van der Waals surface area contributed by atoms with Crippen LogP contribution >= 0.6 is 23.4 Å². The van der Waals surface area contributed by atoms with Crippen LogP contribution in [0.5, 0.6) is 5.75 Å². The molecule has 0 aliphatic carbocycles. The lowest BCUT2D eigenvalue weighted by Gasteiger charge is -2.28. The van der Waals surface area contributed by atoms with Gasteiger partial charge in [0.15, 0.2) is 0 Å². The first-order chi connectivity index (χ1) is 18.8. The average molecular weight is 562 g/mol. The van der Waals surface area contributed by atoms with Gasteiger partial charge in [-0.2, -0.15) is 4.98 Å². The number of carbonyl (C=O) groups excluding carboxylic acids is 1. The van der Waals surface area contributed by atoms with Gasteiger partial charge in [0.25, 0.3) is 5.91 Å². The van der Waals surface area contributed by atoms with Gasteiger partial charge in [0.2, 0.25) is 11.1 Å². The minimum atomic E-state index is -1.03. The third-order valence-electron chi connectivity index (χ3n) is 6.19. The summed E-state index contributed by atoms with van der Waals surface area (Å²) in [5, 5.41) is 21.5. The van der Waals surface area contributed by atoms with Crippen molar-refractivity contribution in [3.63, 3.8) is 0 Å². The van der Waals surface area contributed by atoms with Crippen molar-refractivity contribution < 1.29 is 19.4 Å². The maximum Gasteiger partial charge on any atom is 0.335 e. The number of nitrogens with zero attached hydrogens (tertiary/aromatic N) is 3. The lowest BCUT2D eigenvalue weighted by Crippen LogP contribution is -2.31. The van der Waals surface area contributed by atoms with Crippen molar-refractivity contribution >= 4 is 46.9 Å². The van der Waals surface area contributed by atoms with E-state index in [1.807, 2.05) is 30.3 Å². The van der Waals surface area contributed by atoms with Gasteiger partial charge in [0.1, 0.15) is 11.8 Å². The third-order valence-corrected chi connectivity index (χ3v) is 7.35. The van der Waals surface area contributed by atoms with Gasteiger partial charge < -0.3 is 20.5 Å². The molecule has 0 fully saturated rings. The Bertz CT molecular complexity index is 1570. The molecule has 9 nitrogen and oxygen atoms in total. The van der Waals surface area contributed by atoms with Crippen LogP contribution in [0.4, 0.5) is 11.6 Å². The van der Waals surface area contributed by atoms with E-state index in [1.165, 1.54) is 31.0 Å². The molecule has 5 rings (SSSR count). The molecule has 39 heavy (non-hydrogen) atoms. The Kier molecular flexibility index (Phi) is 7.58. The van der Waals surface area contributed by atoms with Gasteiger partial charge in [0, 0.05) is 16.5 Å². The molecule has 3 aromatic carbocycles. The van der Waals surface area contributed by atoms with Crippen LogP contribution in [-0.2, 0) is 10.5 Å². The number of halogens is 1. The Morgan fingerprint density at radius 1 is 1.10 bits per heavy atom. The molecule has 0 radical (unpaired) electrons. The fourth-order valence-electron chi connectivity index (χ4n) is 4.27. The number of para-hydroxylation sites is 2. The van der Waals surface area contributed by atoms with E-state index in [2.05, 4.69) is 15.6 Å². The highest BCUT2D eigenvalue weighted by molar-refractivity contribution is 7.98. The standard InChI is InChI=1S/C28H24ClN5O4S/c1-16-23(25(35)31-21-5-3-4-6-22(21)38-2)24(18-9-11-19(12-10-18)26(36)37)34-27(30-16)32-28(33-34)39-15-17-7-13-20(29)14-8-17/h3-14,24H,15H2,1-2H3,(H,31,35)(H,36,37)(H,30,32,33). The highest BCUT2D eigenvalue weighted by Crippen LogP contribution is 2.37. The van der Waals surface area contributed by atoms with E-state index in [1.54, 1.807) is 41.9 Å². The molecule has 0 saturated heterocycles. The number of anilines is 2. The Hall–Kier alpha value is -4.28. The van der Waals surface area contributed by atoms with Gasteiger partial charge in [-0.25, -0.2) is 9.48 Å². The van der Waals surface area contributed by atoms with Crippen molar-refractivity contribution in [3.05, 3.63) is 106 Å². The number of amides is 1. The van der Waals surface area contributed by atoms with Gasteiger partial charge >= 0.3 is 5.97 Å². The summed E-state index contributed by atoms with van der Waals surface area (Å²) in [6.07, 6.45) is 0. The largest absolute Gasteiger partial charge is 0.495 e. The number of aromatic carboxylic acids is 1. The number of hydrogen-bond donors (Lipinski definition) is 3. The van der Waals surface area contributed by atoms with Crippen molar-refractivity contribution in [1.29, 1.82) is 0 Å². The number of carboxylic acids is 1. The van der Waals surface area contributed by atoms with Crippen LogP contribution in [0.1, 0.15) is 34.5 Å². The van der Waals surface area contributed by atoms with E-state index in [4.69, 9.17) is 21.4 Å². The molecular formula is C28H24ClN5O4S. The number of aromatic nitrogens is 3. The van der Waals surface area contributed by atoms with E-state index >= 15 is 0 Å². The number of hydrogen-bond acceptors (Lipinski definition) is 7. The van der Waals surface area contributed by atoms with Crippen LogP contribution in [-0.4, -0.2) is 38.9 Å². The molecule has 2 heterocycles. The number of ether oxygens (including phenoxy) is 1. The molecule has 0 saturated carbocycles. The lowest BCUT2D eigenvalue weighted by molar-refractivity contribution is -0.113. The number of carboxylic acid groups (broad SMARTS) is 1. The minimum Gasteiger partial charge on any atom is -0.495 e. The normalized spacial score (nSPS) is 14.4. The molecular weight excluding hydrogens is 538 g/mol. The first kappa shape index (κ1) is 26.3. The number of rotatable bonds is 8. The first-order valence-electron chi connectivity index (χ1n) is 11.9. The summed E-state index contributed by atoms with van der Waals surface area (Å²) in [5.74, 6) is 0.250. The molecule has 0 bridgehead atoms. The molecule has 1 amide bonds. The van der Waals surface area contributed by atoms with E-state index in [0.29, 0.717) is 50.2 Å². The number of nitrogens with one attached hydrogen (secondary N) is 2. The SMILES string of the molecule is COc1ccccc1NC(=O)C1=C(C)Nc2nc(SCc3ccc(Cl)cc3)nn2C1c1ccc(C(=O)O)cc1. The quantitative estimate of drug-likeness (QED) is 0.229. The van der Waals surface area contributed by atoms with Crippen LogP contribution in [0, 0.1) is 0 Å². The van der Waals surface area contributed by atoms with Crippen molar-refractivity contribution in [3.8, 4) is 5.75 Å². The zero-order valence-electron chi connectivity index (χ0n) is 21.0. The first-order valence-corrected chi connectivity index (χ1v) is 13.3. The number of methoxy groups -OCH3 is 1. The monoisotopic (exact) mass is 561 g/mol. The zero-order valence-corrected chi connectivity index (χ0v) is 22.6. The van der Waals surface area contributed by atoms with E-state index < -0.39 is 12.0 Å². The summed E-state index contributed by atoms with van der Waals surface area (Å²) in [5.41, 5.74) is 3.43. The zero-order chi connectivity index (χ0) is 27.5. The topological polar surface area (TPSA) is 118 Å². The summed E-state index contributed by atoms with van der Waals surface area (Å²) in [6, 6.07) is 20.5. The summed E-state index contributed by atoms with van der Waals surface area (Å²) in [6.45, 7) is 1.80. The van der Waals surface area contributed by atoms with Gasteiger partial charge in [0.05, 0.1) is 23.9 Å². The van der Waals surface area contributed by atoms with Crippen LogP contribution in [0.3, 0.4) is 0 Å². The Morgan fingerprint density at radius 3 is 2.51 bits per heavy atom. The second kappa shape index (κ2) is 11.2. The van der Waals surface area contributed by atoms with Crippen molar-refractivity contribution in [2.45, 2.75) is 23.9 Å². The molecule has 198 valence electrons. The predicted molar refractivity (Wildman–Crippen MR) is 151 cm³/mol. The molecule has 3 N–H and O–H groups in total. The van der Waals surface area contributed by atoms with E-state index in [-0.39, 0.29) is 11.5 Å². The fourth-order valence-corrected chi connectivity index (χ4v) is 5.18. The van der Waals surface area contributed by atoms with Crippen LogP contribution in [0.25, 0.3) is 0 Å². The second-order valence-electron chi connectivity index (χ2n) is 8.73. The summed E-state index contributed by atoms with van der Waals surface area (Å²) in [4.78, 5) is 29.8. The molecule has 1 unspecified atom stereocenters. The number of fused-ring (bicyclic) bond motifs is 1. The van der Waals surface area contributed by atoms with E-state index in [9.17, 15) is 14.7 Å². The predicted octanol–water partition coefficient (Wildman–Crippen LogP) is 5.86. The van der Waals surface area contributed by atoms with Crippen LogP contribution < -0.4 is 15.4 Å². The number of carbonyl (C=O) groups is 2. The Labute approximate surface area is 233 Å². The summed E-state index contributed by atoms with van der Waals surface area (Å²) in [7, 11) is 1.54. The smallest absolute Gasteiger partial charge is 0.335 e. The van der Waals surface area contributed by atoms with Gasteiger partial charge in [-0.1, -0.05) is 59.8 Å². The molecule has 1 aliphatic rings. The number of benzene rings is 3. The van der Waals surface area contributed by atoms with Gasteiger partial charge in [-0.05, 0) is 54.4 Å². The average Bonchev–Trinajstić information content (AvgIpc) is 3.34. The minimum absolute atomic E-state index is 0.145. The van der Waals surface area contributed by atoms with Gasteiger partial charge in [-0.3, -0.25) is 4.79 Å². The molecule has 0 spiro atoms. The molecule has 1 atom stereocenters. The molecule has 11 heteroatoms. The van der Waals surface area contributed by atoms with Gasteiger partial charge in [-0.15, -0.1) is 5.10 Å². The maximum absolute atomic E-state index is 13.7.